The van der Waals surface area contributed by atoms with Crippen LogP contribution in [-0.2, 0) is 9.53 Å². The first-order valence-corrected chi connectivity index (χ1v) is 5.74. The molecule has 2 saturated heterocycles. The average molecular weight is 212 g/mol. The zero-order valence-corrected chi connectivity index (χ0v) is 8.59. The highest BCUT2D eigenvalue weighted by Crippen LogP contribution is 2.27. The van der Waals surface area contributed by atoms with Gasteiger partial charge in [-0.15, -0.1) is 0 Å². The van der Waals surface area contributed by atoms with Gasteiger partial charge in [-0.05, 0) is 5.15 Å². The van der Waals surface area contributed by atoms with Crippen molar-refractivity contribution in [3.8, 4) is 0 Å². The van der Waals surface area contributed by atoms with E-state index in [0.717, 1.165) is 12.1 Å². The number of amides is 2. The van der Waals surface area contributed by atoms with Crippen LogP contribution in [0, 0.1) is 0 Å². The lowest BCUT2D eigenvalue weighted by atomic mass is 10.1. The number of hydrogen-bond donors (Lipinski definition) is 0. The Balaban J connectivity index is 1.68. The van der Waals surface area contributed by atoms with Crippen LogP contribution in [0.1, 0.15) is 6.42 Å². The van der Waals surface area contributed by atoms with Gasteiger partial charge in [0.2, 0.25) is 5.91 Å². The molecule has 14 heavy (non-hydrogen) atoms. The van der Waals surface area contributed by atoms with E-state index in [4.69, 9.17) is 0 Å². The van der Waals surface area contributed by atoms with Crippen LogP contribution >= 0.6 is 11.8 Å². The SMILES string of the molecule is O=C(CCSC1[B]C1)N1CCOC1=O. The summed E-state index contributed by atoms with van der Waals surface area (Å²) in [5, 5.41) is 0.647. The second-order valence-corrected chi connectivity index (χ2v) is 4.64. The first kappa shape index (κ1) is 9.89. The van der Waals surface area contributed by atoms with Gasteiger partial charge in [-0.3, -0.25) is 4.79 Å². The second-order valence-electron chi connectivity index (χ2n) is 3.29. The quantitative estimate of drug-likeness (QED) is 0.638. The van der Waals surface area contributed by atoms with Gasteiger partial charge in [0.15, 0.2) is 0 Å². The maximum Gasteiger partial charge on any atom is 0.416 e. The fourth-order valence-electron chi connectivity index (χ4n) is 1.24. The van der Waals surface area contributed by atoms with Crippen molar-refractivity contribution < 1.29 is 14.3 Å². The van der Waals surface area contributed by atoms with E-state index < -0.39 is 6.09 Å². The molecule has 1 radical (unpaired) electrons. The number of nitrogens with zero attached hydrogens (tertiary/aromatic N) is 1. The highest BCUT2D eigenvalue weighted by Gasteiger charge is 2.29. The summed E-state index contributed by atoms with van der Waals surface area (Å²) in [6, 6.07) is 0. The number of carbonyl (C=O) groups excluding carboxylic acids is 2. The number of imide groups is 1. The Labute approximate surface area is 87.6 Å². The van der Waals surface area contributed by atoms with Crippen LogP contribution in [0.4, 0.5) is 4.79 Å². The highest BCUT2D eigenvalue weighted by molar-refractivity contribution is 8.02. The van der Waals surface area contributed by atoms with Crippen molar-refractivity contribution in [2.75, 3.05) is 18.9 Å². The molecule has 0 aliphatic carbocycles. The molecule has 2 amide bonds. The Hall–Kier alpha value is -0.645. The van der Waals surface area contributed by atoms with Crippen LogP contribution in [0.3, 0.4) is 0 Å². The molecule has 0 bridgehead atoms. The lowest BCUT2D eigenvalue weighted by molar-refractivity contribution is -0.127. The fourth-order valence-corrected chi connectivity index (χ4v) is 2.22. The van der Waals surface area contributed by atoms with E-state index in [0.29, 0.717) is 24.7 Å². The first-order chi connectivity index (χ1) is 6.77. The molecule has 0 N–H and O–H groups in total. The summed E-state index contributed by atoms with van der Waals surface area (Å²) in [5.74, 6) is 0.685. The Morgan fingerprint density at radius 3 is 3.07 bits per heavy atom. The molecule has 2 rings (SSSR count). The number of rotatable bonds is 4. The van der Waals surface area contributed by atoms with Crippen LogP contribution in [0.15, 0.2) is 0 Å². The minimum absolute atomic E-state index is 0.111. The monoisotopic (exact) mass is 212 g/mol. The fraction of sp³-hybridized carbons (Fsp3) is 0.750. The lowest BCUT2D eigenvalue weighted by Crippen LogP contribution is -2.31. The topological polar surface area (TPSA) is 46.6 Å². The molecular weight excluding hydrogens is 201 g/mol. The molecule has 1 unspecified atom stereocenters. The van der Waals surface area contributed by atoms with Crippen molar-refractivity contribution >= 4 is 31.0 Å². The van der Waals surface area contributed by atoms with Gasteiger partial charge in [0.25, 0.3) is 0 Å². The summed E-state index contributed by atoms with van der Waals surface area (Å²) in [5.41, 5.74) is 0. The molecule has 6 heteroatoms. The van der Waals surface area contributed by atoms with Crippen LogP contribution in [0.25, 0.3) is 0 Å². The van der Waals surface area contributed by atoms with E-state index in [1.165, 1.54) is 4.90 Å². The zero-order chi connectivity index (χ0) is 9.97. The van der Waals surface area contributed by atoms with Gasteiger partial charge in [-0.1, -0.05) is 6.32 Å². The molecule has 4 nitrogen and oxygen atoms in total. The van der Waals surface area contributed by atoms with E-state index in [1.54, 1.807) is 11.8 Å². The van der Waals surface area contributed by atoms with Gasteiger partial charge in [0, 0.05) is 12.2 Å². The number of ether oxygens (including phenoxy) is 1. The van der Waals surface area contributed by atoms with Crippen molar-refractivity contribution in [1.29, 1.82) is 0 Å². The van der Waals surface area contributed by atoms with Crippen molar-refractivity contribution in [2.45, 2.75) is 17.9 Å². The molecule has 2 aliphatic rings. The molecular formula is C8H11BNO3S. The molecule has 1 atom stereocenters. The maximum atomic E-state index is 11.5. The third-order valence-electron chi connectivity index (χ3n) is 2.14. The van der Waals surface area contributed by atoms with Crippen LogP contribution in [-0.4, -0.2) is 48.2 Å². The second kappa shape index (κ2) is 4.25. The molecule has 0 aromatic rings. The van der Waals surface area contributed by atoms with E-state index in [1.807, 2.05) is 0 Å². The van der Waals surface area contributed by atoms with Crippen LogP contribution in [0.5, 0.6) is 0 Å². The molecule has 75 valence electrons. The van der Waals surface area contributed by atoms with Gasteiger partial charge in [-0.25, -0.2) is 9.69 Å². The molecule has 2 heterocycles. The molecule has 0 aromatic carbocycles. The normalized spacial score (nSPS) is 24.4. The predicted molar refractivity (Wildman–Crippen MR) is 54.5 cm³/mol. The van der Waals surface area contributed by atoms with Gasteiger partial charge in [0.05, 0.1) is 6.54 Å². The maximum absolute atomic E-state index is 11.5. The standard InChI is InChI=1S/C8H11BNO3S/c11-7(1-4-14-6-5-9-6)10-2-3-13-8(10)12/h6H,1-5H2. The molecule has 0 aromatic heterocycles. The Morgan fingerprint density at radius 1 is 1.71 bits per heavy atom. The smallest absolute Gasteiger partial charge is 0.416 e. The third-order valence-corrected chi connectivity index (χ3v) is 3.39. The molecule has 2 aliphatic heterocycles. The Kier molecular flexibility index (Phi) is 3.00. The summed E-state index contributed by atoms with van der Waals surface area (Å²) < 4.78 is 4.68. The van der Waals surface area contributed by atoms with E-state index in [-0.39, 0.29) is 5.91 Å². The summed E-state index contributed by atoms with van der Waals surface area (Å²) in [7, 11) is 2.21. The molecule has 0 saturated carbocycles. The van der Waals surface area contributed by atoms with E-state index >= 15 is 0 Å². The number of carbonyl (C=O) groups is 2. The minimum atomic E-state index is -0.488. The predicted octanol–water partition coefficient (Wildman–Crippen LogP) is 0.551. The minimum Gasteiger partial charge on any atom is -0.447 e. The number of hydrogen-bond acceptors (Lipinski definition) is 4. The zero-order valence-electron chi connectivity index (χ0n) is 7.77. The summed E-state index contributed by atoms with van der Waals surface area (Å²) in [6.45, 7) is 0.756. The summed E-state index contributed by atoms with van der Waals surface area (Å²) >= 11 is 1.78. The van der Waals surface area contributed by atoms with Gasteiger partial charge in [-0.2, -0.15) is 11.8 Å². The van der Waals surface area contributed by atoms with E-state index in [9.17, 15) is 9.59 Å². The van der Waals surface area contributed by atoms with Gasteiger partial charge >= 0.3 is 6.09 Å². The lowest BCUT2D eigenvalue weighted by Gasteiger charge is -2.09. The Bertz CT molecular complexity index is 257. The summed E-state index contributed by atoms with van der Waals surface area (Å²) in [4.78, 5) is 23.6. The molecule has 0 spiro atoms. The van der Waals surface area contributed by atoms with Crippen molar-refractivity contribution in [3.05, 3.63) is 0 Å². The van der Waals surface area contributed by atoms with Crippen LogP contribution < -0.4 is 0 Å². The van der Waals surface area contributed by atoms with Crippen molar-refractivity contribution in [2.24, 2.45) is 0 Å². The van der Waals surface area contributed by atoms with Crippen molar-refractivity contribution in [3.63, 3.8) is 0 Å². The first-order valence-electron chi connectivity index (χ1n) is 4.69. The van der Waals surface area contributed by atoms with Gasteiger partial charge in [0.1, 0.15) is 13.9 Å². The summed E-state index contributed by atoms with van der Waals surface area (Å²) in [6.07, 6.45) is 1.10. The number of thioether (sulfide) groups is 1. The largest absolute Gasteiger partial charge is 0.447 e. The highest BCUT2D eigenvalue weighted by atomic mass is 32.2. The Morgan fingerprint density at radius 2 is 2.50 bits per heavy atom. The van der Waals surface area contributed by atoms with E-state index in [2.05, 4.69) is 12.0 Å². The molecule has 2 fully saturated rings. The number of cyclic esters (lactones) is 1. The van der Waals surface area contributed by atoms with Crippen LogP contribution in [0.2, 0.25) is 6.32 Å². The third kappa shape index (κ3) is 2.44. The van der Waals surface area contributed by atoms with Gasteiger partial charge < -0.3 is 4.74 Å². The average Bonchev–Trinajstić information content (AvgIpc) is 2.87. The van der Waals surface area contributed by atoms with Crippen molar-refractivity contribution in [1.82, 2.24) is 4.90 Å².